The summed E-state index contributed by atoms with van der Waals surface area (Å²) in [4.78, 5) is 25.8. The number of nitrogens with one attached hydrogen (secondary N) is 1. The van der Waals surface area contributed by atoms with Crippen molar-refractivity contribution in [3.05, 3.63) is 80.6 Å². The van der Waals surface area contributed by atoms with Gasteiger partial charge in [0, 0.05) is 22.2 Å². The highest BCUT2D eigenvalue weighted by molar-refractivity contribution is 6.31. The summed E-state index contributed by atoms with van der Waals surface area (Å²) < 4.78 is 1.14. The summed E-state index contributed by atoms with van der Waals surface area (Å²) in [6.45, 7) is 3.72. The van der Waals surface area contributed by atoms with Crippen LogP contribution in [0.15, 0.2) is 59.4 Å². The number of hydrogen-bond donors (Lipinski definition) is 2. The standard InChI is InChI=1S/C22H21Cl2N3O3/c1-13(2)20(28)12-25-21(29)18-11-19(14-6-8-15(23)9-7-14)26-27(22(18)30)17-5-3-4-16(24)10-17/h3-11,13,20,28H,12H2,1-2H3,(H,25,29)/t20-/m1/s1. The number of nitrogens with zero attached hydrogens (tertiary/aromatic N) is 2. The van der Waals surface area contributed by atoms with E-state index < -0.39 is 17.6 Å². The number of amides is 1. The summed E-state index contributed by atoms with van der Waals surface area (Å²) in [6.07, 6.45) is -0.721. The lowest BCUT2D eigenvalue weighted by Crippen LogP contribution is -2.38. The van der Waals surface area contributed by atoms with Gasteiger partial charge in [-0.1, -0.05) is 55.2 Å². The minimum atomic E-state index is -0.721. The predicted molar refractivity (Wildman–Crippen MR) is 118 cm³/mol. The summed E-state index contributed by atoms with van der Waals surface area (Å²) in [5.41, 5.74) is 0.851. The largest absolute Gasteiger partial charge is 0.391 e. The van der Waals surface area contributed by atoms with Crippen LogP contribution in [0.5, 0.6) is 0 Å². The van der Waals surface area contributed by atoms with Crippen LogP contribution in [0.3, 0.4) is 0 Å². The average Bonchev–Trinajstić information content (AvgIpc) is 2.72. The topological polar surface area (TPSA) is 84.2 Å². The number of carbonyl (C=O) groups excluding carboxylic acids is 1. The van der Waals surface area contributed by atoms with Gasteiger partial charge >= 0.3 is 0 Å². The van der Waals surface area contributed by atoms with Crippen molar-refractivity contribution in [2.24, 2.45) is 5.92 Å². The van der Waals surface area contributed by atoms with Crippen molar-refractivity contribution < 1.29 is 9.90 Å². The van der Waals surface area contributed by atoms with E-state index >= 15 is 0 Å². The fourth-order valence-electron chi connectivity index (χ4n) is 2.73. The molecule has 3 aromatic rings. The van der Waals surface area contributed by atoms with Gasteiger partial charge < -0.3 is 10.4 Å². The molecule has 0 saturated carbocycles. The maximum absolute atomic E-state index is 13.1. The normalized spacial score (nSPS) is 12.1. The number of aromatic nitrogens is 2. The number of aliphatic hydroxyl groups is 1. The minimum absolute atomic E-state index is 0.0320. The lowest BCUT2D eigenvalue weighted by molar-refractivity contribution is 0.0869. The van der Waals surface area contributed by atoms with Crippen LogP contribution >= 0.6 is 23.2 Å². The Bertz CT molecular complexity index is 1110. The molecule has 2 N–H and O–H groups in total. The molecule has 8 heteroatoms. The molecule has 0 bridgehead atoms. The van der Waals surface area contributed by atoms with Crippen LogP contribution < -0.4 is 10.9 Å². The lowest BCUT2D eigenvalue weighted by atomic mass is 10.1. The van der Waals surface area contributed by atoms with Crippen molar-refractivity contribution in [3.63, 3.8) is 0 Å². The van der Waals surface area contributed by atoms with Crippen LogP contribution in [0.25, 0.3) is 16.9 Å². The van der Waals surface area contributed by atoms with Gasteiger partial charge in [-0.25, -0.2) is 0 Å². The van der Waals surface area contributed by atoms with Crippen LogP contribution in [0.4, 0.5) is 0 Å². The van der Waals surface area contributed by atoms with E-state index in [1.807, 2.05) is 13.8 Å². The summed E-state index contributed by atoms with van der Waals surface area (Å²) >= 11 is 12.0. The van der Waals surface area contributed by atoms with Gasteiger partial charge in [0.2, 0.25) is 0 Å². The molecule has 1 atom stereocenters. The molecule has 30 heavy (non-hydrogen) atoms. The molecule has 156 valence electrons. The Morgan fingerprint density at radius 3 is 2.43 bits per heavy atom. The SMILES string of the molecule is CC(C)[C@H](O)CNC(=O)c1cc(-c2ccc(Cl)cc2)nn(-c2cccc(Cl)c2)c1=O. The number of hydrogen-bond acceptors (Lipinski definition) is 4. The van der Waals surface area contributed by atoms with E-state index in [9.17, 15) is 14.7 Å². The van der Waals surface area contributed by atoms with Crippen molar-refractivity contribution >= 4 is 29.1 Å². The fourth-order valence-corrected chi connectivity index (χ4v) is 3.04. The van der Waals surface area contributed by atoms with Crippen molar-refractivity contribution in [2.45, 2.75) is 20.0 Å². The number of aliphatic hydroxyl groups excluding tert-OH is 1. The maximum Gasteiger partial charge on any atom is 0.284 e. The Morgan fingerprint density at radius 2 is 1.80 bits per heavy atom. The monoisotopic (exact) mass is 445 g/mol. The molecule has 0 unspecified atom stereocenters. The molecule has 1 amide bonds. The van der Waals surface area contributed by atoms with Crippen molar-refractivity contribution in [2.75, 3.05) is 6.54 Å². The third-order valence-corrected chi connectivity index (χ3v) is 5.08. The highest BCUT2D eigenvalue weighted by Crippen LogP contribution is 2.21. The van der Waals surface area contributed by atoms with Crippen molar-refractivity contribution in [3.8, 4) is 16.9 Å². The molecular weight excluding hydrogens is 425 g/mol. The molecule has 3 rings (SSSR count). The van der Waals surface area contributed by atoms with Gasteiger partial charge in [-0.15, -0.1) is 0 Å². The molecule has 0 fully saturated rings. The van der Waals surface area contributed by atoms with E-state index in [1.54, 1.807) is 48.5 Å². The molecule has 0 saturated heterocycles. The fraction of sp³-hybridized carbons (Fsp3) is 0.227. The molecule has 1 aromatic heterocycles. The van der Waals surface area contributed by atoms with Gasteiger partial charge in [0.15, 0.2) is 0 Å². The zero-order valence-electron chi connectivity index (χ0n) is 16.5. The van der Waals surface area contributed by atoms with Crippen LogP contribution in [0, 0.1) is 5.92 Å². The zero-order chi connectivity index (χ0) is 21.8. The molecule has 0 spiro atoms. The first-order chi connectivity index (χ1) is 14.3. The van der Waals surface area contributed by atoms with E-state index in [4.69, 9.17) is 23.2 Å². The quantitative estimate of drug-likeness (QED) is 0.601. The first kappa shape index (κ1) is 22.0. The Balaban J connectivity index is 2.10. The van der Waals surface area contributed by atoms with E-state index in [0.717, 1.165) is 4.68 Å². The van der Waals surface area contributed by atoms with Gasteiger partial charge in [0.05, 0.1) is 17.5 Å². The third-order valence-electron chi connectivity index (χ3n) is 4.59. The second-order valence-electron chi connectivity index (χ2n) is 7.17. The van der Waals surface area contributed by atoms with E-state index in [0.29, 0.717) is 27.0 Å². The van der Waals surface area contributed by atoms with Gasteiger partial charge in [0.1, 0.15) is 5.56 Å². The highest BCUT2D eigenvalue weighted by atomic mass is 35.5. The second-order valence-corrected chi connectivity index (χ2v) is 8.04. The van der Waals surface area contributed by atoms with Crippen molar-refractivity contribution in [1.82, 2.24) is 15.1 Å². The van der Waals surface area contributed by atoms with E-state index in [-0.39, 0.29) is 18.0 Å². The van der Waals surface area contributed by atoms with Gasteiger partial charge in [-0.3, -0.25) is 9.59 Å². The van der Waals surface area contributed by atoms with Crippen LogP contribution in [-0.2, 0) is 0 Å². The lowest BCUT2D eigenvalue weighted by Gasteiger charge is -2.16. The van der Waals surface area contributed by atoms with Crippen LogP contribution in [-0.4, -0.2) is 33.4 Å². The molecule has 0 aliphatic rings. The Hall–Kier alpha value is -2.67. The number of benzene rings is 2. The van der Waals surface area contributed by atoms with Crippen molar-refractivity contribution in [1.29, 1.82) is 0 Å². The van der Waals surface area contributed by atoms with Gasteiger partial charge in [0.25, 0.3) is 11.5 Å². The third kappa shape index (κ3) is 5.08. The molecule has 1 heterocycles. The highest BCUT2D eigenvalue weighted by Gasteiger charge is 2.19. The smallest absolute Gasteiger partial charge is 0.284 e. The number of halogens is 2. The second kappa shape index (κ2) is 9.43. The predicted octanol–water partition coefficient (Wildman–Crippen LogP) is 3.95. The Morgan fingerprint density at radius 1 is 1.10 bits per heavy atom. The summed E-state index contributed by atoms with van der Waals surface area (Å²) in [7, 11) is 0. The number of rotatable bonds is 6. The zero-order valence-corrected chi connectivity index (χ0v) is 18.0. The van der Waals surface area contributed by atoms with E-state index in [1.165, 1.54) is 6.07 Å². The molecule has 0 radical (unpaired) electrons. The van der Waals surface area contributed by atoms with Crippen LogP contribution in [0.2, 0.25) is 10.0 Å². The molecule has 0 aliphatic heterocycles. The first-order valence-corrected chi connectivity index (χ1v) is 10.1. The molecular formula is C22H21Cl2N3O3. The minimum Gasteiger partial charge on any atom is -0.391 e. The maximum atomic E-state index is 13.1. The average molecular weight is 446 g/mol. The van der Waals surface area contributed by atoms with Crippen LogP contribution in [0.1, 0.15) is 24.2 Å². The Kier molecular flexibility index (Phi) is 6.92. The first-order valence-electron chi connectivity index (χ1n) is 9.39. The van der Waals surface area contributed by atoms with E-state index in [2.05, 4.69) is 10.4 Å². The molecule has 6 nitrogen and oxygen atoms in total. The molecule has 0 aliphatic carbocycles. The van der Waals surface area contributed by atoms with Gasteiger partial charge in [-0.2, -0.15) is 9.78 Å². The molecule has 2 aromatic carbocycles. The summed E-state index contributed by atoms with van der Waals surface area (Å²) in [5, 5.41) is 18.0. The Labute approximate surface area is 184 Å². The summed E-state index contributed by atoms with van der Waals surface area (Å²) in [6, 6.07) is 15.0. The summed E-state index contributed by atoms with van der Waals surface area (Å²) in [5.74, 6) is -0.622. The van der Waals surface area contributed by atoms with Gasteiger partial charge in [-0.05, 0) is 42.3 Å². The number of carbonyl (C=O) groups is 1.